The van der Waals surface area contributed by atoms with Crippen LogP contribution in [0.25, 0.3) is 11.1 Å². The number of aromatic nitrogens is 2. The second-order valence-electron chi connectivity index (χ2n) is 8.38. The highest BCUT2D eigenvalue weighted by molar-refractivity contribution is 5.63. The number of aryl methyl sites for hydroxylation is 2. The Bertz CT molecular complexity index is 1040. The van der Waals surface area contributed by atoms with E-state index in [0.29, 0.717) is 6.54 Å². The van der Waals surface area contributed by atoms with Gasteiger partial charge in [-0.15, -0.1) is 0 Å². The van der Waals surface area contributed by atoms with Gasteiger partial charge in [0.15, 0.2) is 0 Å². The fraction of sp³-hybridized carbons (Fsp3) is 0.333. The second-order valence-corrected chi connectivity index (χ2v) is 8.38. The molecule has 0 atom stereocenters. The average Bonchev–Trinajstić information content (AvgIpc) is 2.87. The molecule has 1 aliphatic heterocycles. The molecular formula is C27H33N5. The van der Waals surface area contributed by atoms with E-state index in [9.17, 15) is 0 Å². The fourth-order valence-electron chi connectivity index (χ4n) is 4.23. The Morgan fingerprint density at radius 1 is 0.938 bits per heavy atom. The number of hydrogen-bond acceptors (Lipinski definition) is 5. The lowest BCUT2D eigenvalue weighted by atomic mass is 10.0. The summed E-state index contributed by atoms with van der Waals surface area (Å²) >= 11 is 0. The van der Waals surface area contributed by atoms with Crippen LogP contribution in [0.15, 0.2) is 73.1 Å². The minimum absolute atomic E-state index is 0.550. The first-order valence-electron chi connectivity index (χ1n) is 11.5. The van der Waals surface area contributed by atoms with E-state index in [4.69, 9.17) is 15.7 Å². The molecule has 0 saturated carbocycles. The quantitative estimate of drug-likeness (QED) is 0.537. The predicted molar refractivity (Wildman–Crippen MR) is 134 cm³/mol. The summed E-state index contributed by atoms with van der Waals surface area (Å²) in [6.45, 7) is 10.6. The predicted octanol–water partition coefficient (Wildman–Crippen LogP) is 4.48. The molecule has 2 aromatic carbocycles. The maximum absolute atomic E-state index is 5.66. The topological polar surface area (TPSA) is 58.3 Å². The molecule has 1 aromatic heterocycles. The first-order valence-corrected chi connectivity index (χ1v) is 11.5. The summed E-state index contributed by atoms with van der Waals surface area (Å²) in [5, 5.41) is 0. The summed E-state index contributed by atoms with van der Waals surface area (Å²) in [7, 11) is 0. The average molecular weight is 428 g/mol. The van der Waals surface area contributed by atoms with E-state index in [1.807, 2.05) is 12.4 Å². The highest BCUT2D eigenvalue weighted by atomic mass is 15.3. The molecule has 166 valence electrons. The van der Waals surface area contributed by atoms with E-state index in [2.05, 4.69) is 71.8 Å². The lowest BCUT2D eigenvalue weighted by Crippen LogP contribution is -2.47. The van der Waals surface area contributed by atoms with Crippen molar-refractivity contribution in [2.75, 3.05) is 42.5 Å². The SMILES string of the molecule is C=C(CN)CCc1cccc(-c2cnc(N3CCN(c4ccccc4CC)CC3)nc2)c1. The Morgan fingerprint density at radius 2 is 1.66 bits per heavy atom. The fourth-order valence-corrected chi connectivity index (χ4v) is 4.23. The molecule has 3 aromatic rings. The monoisotopic (exact) mass is 427 g/mol. The number of nitrogens with zero attached hydrogens (tertiary/aromatic N) is 4. The molecule has 0 bridgehead atoms. The van der Waals surface area contributed by atoms with Crippen molar-refractivity contribution in [3.05, 3.63) is 84.2 Å². The molecule has 2 N–H and O–H groups in total. The molecule has 1 saturated heterocycles. The van der Waals surface area contributed by atoms with Crippen LogP contribution < -0.4 is 15.5 Å². The third-order valence-corrected chi connectivity index (χ3v) is 6.23. The van der Waals surface area contributed by atoms with Crippen LogP contribution in [-0.4, -0.2) is 42.7 Å². The Hall–Kier alpha value is -3.18. The van der Waals surface area contributed by atoms with Gasteiger partial charge in [0, 0.05) is 56.4 Å². The zero-order valence-electron chi connectivity index (χ0n) is 19.0. The zero-order valence-corrected chi connectivity index (χ0v) is 19.0. The first kappa shape index (κ1) is 22.0. The molecular weight excluding hydrogens is 394 g/mol. The van der Waals surface area contributed by atoms with Crippen LogP contribution in [0.5, 0.6) is 0 Å². The molecule has 0 amide bonds. The summed E-state index contributed by atoms with van der Waals surface area (Å²) in [5.74, 6) is 0.813. The van der Waals surface area contributed by atoms with Crippen LogP contribution in [-0.2, 0) is 12.8 Å². The van der Waals surface area contributed by atoms with Gasteiger partial charge in [-0.25, -0.2) is 9.97 Å². The number of hydrogen-bond donors (Lipinski definition) is 1. The van der Waals surface area contributed by atoms with Gasteiger partial charge in [-0.2, -0.15) is 0 Å². The Morgan fingerprint density at radius 3 is 2.38 bits per heavy atom. The first-order chi connectivity index (χ1) is 15.7. The molecule has 5 heteroatoms. The Balaban J connectivity index is 1.39. The lowest BCUT2D eigenvalue weighted by Gasteiger charge is -2.37. The van der Waals surface area contributed by atoms with Gasteiger partial charge in [-0.05, 0) is 42.0 Å². The summed E-state index contributed by atoms with van der Waals surface area (Å²) in [5.41, 5.74) is 13.0. The largest absolute Gasteiger partial charge is 0.368 e. The Kier molecular flexibility index (Phi) is 7.17. The third kappa shape index (κ3) is 5.17. The van der Waals surface area contributed by atoms with Crippen LogP contribution in [0.3, 0.4) is 0 Å². The number of benzene rings is 2. The van der Waals surface area contributed by atoms with Crippen molar-refractivity contribution < 1.29 is 0 Å². The molecule has 0 spiro atoms. The molecule has 4 rings (SSSR count). The van der Waals surface area contributed by atoms with Gasteiger partial charge in [0.05, 0.1) is 0 Å². The summed E-state index contributed by atoms with van der Waals surface area (Å²) < 4.78 is 0. The van der Waals surface area contributed by atoms with Gasteiger partial charge in [-0.3, -0.25) is 0 Å². The smallest absolute Gasteiger partial charge is 0.225 e. The van der Waals surface area contributed by atoms with Crippen LogP contribution >= 0.6 is 0 Å². The lowest BCUT2D eigenvalue weighted by molar-refractivity contribution is 0.638. The van der Waals surface area contributed by atoms with E-state index >= 15 is 0 Å². The maximum atomic E-state index is 5.66. The van der Waals surface area contributed by atoms with Gasteiger partial charge in [-0.1, -0.05) is 61.5 Å². The van der Waals surface area contributed by atoms with E-state index in [-0.39, 0.29) is 0 Å². The van der Waals surface area contributed by atoms with E-state index in [0.717, 1.165) is 68.1 Å². The molecule has 1 fully saturated rings. The maximum Gasteiger partial charge on any atom is 0.225 e. The van der Waals surface area contributed by atoms with Crippen molar-refractivity contribution in [3.63, 3.8) is 0 Å². The van der Waals surface area contributed by atoms with Crippen LogP contribution in [0.2, 0.25) is 0 Å². The molecule has 1 aliphatic rings. The minimum atomic E-state index is 0.550. The summed E-state index contributed by atoms with van der Waals surface area (Å²) in [6.07, 6.45) is 6.82. The van der Waals surface area contributed by atoms with Gasteiger partial charge < -0.3 is 15.5 Å². The van der Waals surface area contributed by atoms with Gasteiger partial charge >= 0.3 is 0 Å². The highest BCUT2D eigenvalue weighted by Gasteiger charge is 2.20. The number of nitrogens with two attached hydrogens (primary N) is 1. The molecule has 5 nitrogen and oxygen atoms in total. The number of anilines is 2. The number of para-hydroxylation sites is 1. The van der Waals surface area contributed by atoms with Crippen LogP contribution in [0.4, 0.5) is 11.6 Å². The zero-order chi connectivity index (χ0) is 22.3. The molecule has 0 unspecified atom stereocenters. The minimum Gasteiger partial charge on any atom is -0.368 e. The second kappa shape index (κ2) is 10.4. The van der Waals surface area contributed by atoms with Crippen LogP contribution in [0, 0.1) is 0 Å². The van der Waals surface area contributed by atoms with Crippen molar-refractivity contribution >= 4 is 11.6 Å². The number of rotatable bonds is 8. The van der Waals surface area contributed by atoms with Crippen molar-refractivity contribution in [2.45, 2.75) is 26.2 Å². The van der Waals surface area contributed by atoms with E-state index in [1.54, 1.807) is 0 Å². The van der Waals surface area contributed by atoms with Gasteiger partial charge in [0.25, 0.3) is 0 Å². The molecule has 2 heterocycles. The molecule has 32 heavy (non-hydrogen) atoms. The highest BCUT2D eigenvalue weighted by Crippen LogP contribution is 2.24. The summed E-state index contributed by atoms with van der Waals surface area (Å²) in [6, 6.07) is 17.3. The van der Waals surface area contributed by atoms with E-state index in [1.165, 1.54) is 16.8 Å². The van der Waals surface area contributed by atoms with E-state index < -0.39 is 0 Å². The third-order valence-electron chi connectivity index (χ3n) is 6.23. The van der Waals surface area contributed by atoms with Crippen molar-refractivity contribution in [3.8, 4) is 11.1 Å². The Labute approximate surface area is 191 Å². The van der Waals surface area contributed by atoms with Gasteiger partial charge in [0.1, 0.15) is 0 Å². The van der Waals surface area contributed by atoms with Crippen molar-refractivity contribution in [1.29, 1.82) is 0 Å². The normalized spacial score (nSPS) is 13.9. The van der Waals surface area contributed by atoms with Crippen LogP contribution in [0.1, 0.15) is 24.5 Å². The van der Waals surface area contributed by atoms with Crippen molar-refractivity contribution in [1.82, 2.24) is 9.97 Å². The molecule has 0 radical (unpaired) electrons. The molecule has 0 aliphatic carbocycles. The standard InChI is InChI=1S/C27H33N5/c1-3-23-8-4-5-10-26(23)31-13-15-32(16-14-31)27-29-19-25(20-30-27)24-9-6-7-22(17-24)12-11-21(2)18-28/h4-10,17,19-20H,2-3,11-16,18,28H2,1H3. The van der Waals surface area contributed by atoms with Gasteiger partial charge in [0.2, 0.25) is 5.95 Å². The summed E-state index contributed by atoms with van der Waals surface area (Å²) in [4.78, 5) is 14.1. The van der Waals surface area contributed by atoms with Crippen molar-refractivity contribution in [2.24, 2.45) is 5.73 Å². The number of piperazine rings is 1.